The van der Waals surface area contributed by atoms with Gasteiger partial charge in [0.1, 0.15) is 0 Å². The molecule has 0 radical (unpaired) electrons. The number of piperidine rings is 1. The Hall–Kier alpha value is -1.26. The lowest BCUT2D eigenvalue weighted by atomic mass is 9.95. The summed E-state index contributed by atoms with van der Waals surface area (Å²) < 4.78 is 0. The van der Waals surface area contributed by atoms with Gasteiger partial charge in [-0.1, -0.05) is 46.9 Å². The zero-order valence-electron chi connectivity index (χ0n) is 14.6. The normalized spacial score (nSPS) is 15.8. The molecule has 0 atom stereocenters. The molecule has 1 amide bonds. The molecule has 1 heterocycles. The van der Waals surface area contributed by atoms with E-state index in [0.29, 0.717) is 21.6 Å². The highest BCUT2D eigenvalue weighted by molar-refractivity contribution is 6.36. The number of likely N-dealkylation sites (tertiary alicyclic amines) is 1. The van der Waals surface area contributed by atoms with Gasteiger partial charge in [0.05, 0.1) is 0 Å². The molecule has 3 rings (SSSR count). The zero-order valence-corrected chi connectivity index (χ0v) is 16.8. The number of rotatable bonds is 4. The molecule has 0 aromatic heterocycles. The van der Waals surface area contributed by atoms with Crippen LogP contribution in [0.2, 0.25) is 15.1 Å². The lowest BCUT2D eigenvalue weighted by molar-refractivity contribution is -0.121. The fourth-order valence-electron chi connectivity index (χ4n) is 3.18. The lowest BCUT2D eigenvalue weighted by Crippen LogP contribution is -2.37. The van der Waals surface area contributed by atoms with Gasteiger partial charge in [0, 0.05) is 38.8 Å². The van der Waals surface area contributed by atoms with Gasteiger partial charge >= 0.3 is 0 Å². The summed E-state index contributed by atoms with van der Waals surface area (Å²) in [4.78, 5) is 14.8. The number of halogens is 3. The Morgan fingerprint density at radius 3 is 2.35 bits per heavy atom. The van der Waals surface area contributed by atoms with Crippen LogP contribution in [-0.2, 0) is 11.3 Å². The minimum atomic E-state index is 0.00745. The molecule has 0 unspecified atom stereocenters. The molecule has 0 bridgehead atoms. The second-order valence-corrected chi connectivity index (χ2v) is 7.93. The average Bonchev–Trinajstić information content (AvgIpc) is 2.62. The van der Waals surface area contributed by atoms with E-state index in [-0.39, 0.29) is 11.8 Å². The maximum atomic E-state index is 12.5. The van der Waals surface area contributed by atoms with Gasteiger partial charge in [0.2, 0.25) is 5.91 Å². The van der Waals surface area contributed by atoms with Gasteiger partial charge in [-0.25, -0.2) is 0 Å². The summed E-state index contributed by atoms with van der Waals surface area (Å²) in [6.07, 6.45) is 1.63. The Kier molecular flexibility index (Phi) is 6.46. The first-order valence-electron chi connectivity index (χ1n) is 8.66. The van der Waals surface area contributed by atoms with E-state index < -0.39 is 0 Å². The van der Waals surface area contributed by atoms with Gasteiger partial charge in [-0.3, -0.25) is 9.69 Å². The number of nitrogens with zero attached hydrogens (tertiary/aromatic N) is 1. The zero-order chi connectivity index (χ0) is 18.7. The summed E-state index contributed by atoms with van der Waals surface area (Å²) >= 11 is 18.6. The van der Waals surface area contributed by atoms with Crippen LogP contribution < -0.4 is 5.32 Å². The standard InChI is InChI=1S/C20H21Cl3N2O/c1-13-5-6-15(11-19(13)23)24-20(26)14-7-9-25(10-8-14)12-16-17(21)3-2-4-18(16)22/h2-6,11,14H,7-10,12H2,1H3,(H,24,26). The van der Waals surface area contributed by atoms with Crippen LogP contribution in [0.1, 0.15) is 24.0 Å². The van der Waals surface area contributed by atoms with Crippen LogP contribution in [0.25, 0.3) is 0 Å². The van der Waals surface area contributed by atoms with Crippen molar-refractivity contribution in [2.45, 2.75) is 26.3 Å². The van der Waals surface area contributed by atoms with Crippen molar-refractivity contribution in [2.24, 2.45) is 5.92 Å². The Morgan fingerprint density at radius 1 is 1.08 bits per heavy atom. The molecule has 1 N–H and O–H groups in total. The molecule has 26 heavy (non-hydrogen) atoms. The molecule has 0 saturated carbocycles. The molecule has 6 heteroatoms. The summed E-state index contributed by atoms with van der Waals surface area (Å²) in [5.74, 6) is 0.0633. The summed E-state index contributed by atoms with van der Waals surface area (Å²) in [5, 5.41) is 5.02. The Labute approximate surface area is 169 Å². The fourth-order valence-corrected chi connectivity index (χ4v) is 3.87. The molecule has 3 nitrogen and oxygen atoms in total. The van der Waals surface area contributed by atoms with Gasteiger partial charge in [-0.2, -0.15) is 0 Å². The van der Waals surface area contributed by atoms with Crippen molar-refractivity contribution in [1.82, 2.24) is 4.90 Å². The number of anilines is 1. The van der Waals surface area contributed by atoms with Gasteiger partial charge in [0.25, 0.3) is 0 Å². The molecular formula is C20H21Cl3N2O. The topological polar surface area (TPSA) is 32.3 Å². The molecule has 1 aliphatic rings. The van der Waals surface area contributed by atoms with Crippen LogP contribution in [0.15, 0.2) is 36.4 Å². The van der Waals surface area contributed by atoms with Crippen molar-refractivity contribution < 1.29 is 4.79 Å². The Bertz CT molecular complexity index is 781. The van der Waals surface area contributed by atoms with E-state index in [1.54, 1.807) is 6.07 Å². The summed E-state index contributed by atoms with van der Waals surface area (Å²) in [5.41, 5.74) is 2.69. The molecule has 0 spiro atoms. The van der Waals surface area contributed by atoms with Gasteiger partial charge in [0.15, 0.2) is 0 Å². The lowest BCUT2D eigenvalue weighted by Gasteiger charge is -2.31. The van der Waals surface area contributed by atoms with Crippen LogP contribution in [0.4, 0.5) is 5.69 Å². The van der Waals surface area contributed by atoms with E-state index in [1.165, 1.54) is 0 Å². The first-order valence-corrected chi connectivity index (χ1v) is 9.79. The third-order valence-corrected chi connectivity index (χ3v) is 5.96. The Morgan fingerprint density at radius 2 is 1.73 bits per heavy atom. The predicted octanol–water partition coefficient (Wildman–Crippen LogP) is 5.81. The number of carbonyl (C=O) groups is 1. The predicted molar refractivity (Wildman–Crippen MR) is 109 cm³/mol. The maximum absolute atomic E-state index is 12.5. The molecule has 0 aliphatic carbocycles. The van der Waals surface area contributed by atoms with E-state index in [4.69, 9.17) is 34.8 Å². The van der Waals surface area contributed by atoms with Crippen molar-refractivity contribution >= 4 is 46.4 Å². The number of hydrogen-bond donors (Lipinski definition) is 1. The van der Waals surface area contributed by atoms with Gasteiger partial charge in [-0.05, 0) is 62.7 Å². The highest BCUT2D eigenvalue weighted by Gasteiger charge is 2.25. The van der Waals surface area contributed by atoms with Crippen LogP contribution in [0.5, 0.6) is 0 Å². The minimum absolute atomic E-state index is 0.00745. The number of carbonyl (C=O) groups excluding carboxylic acids is 1. The summed E-state index contributed by atoms with van der Waals surface area (Å²) in [6.45, 7) is 4.33. The highest BCUT2D eigenvalue weighted by Crippen LogP contribution is 2.28. The average molecular weight is 412 g/mol. The number of benzene rings is 2. The van der Waals surface area contributed by atoms with Crippen LogP contribution >= 0.6 is 34.8 Å². The minimum Gasteiger partial charge on any atom is -0.326 e. The second kappa shape index (κ2) is 8.62. The van der Waals surface area contributed by atoms with Crippen LogP contribution in [0.3, 0.4) is 0 Å². The molecular weight excluding hydrogens is 391 g/mol. The van der Waals surface area contributed by atoms with Crippen molar-refractivity contribution in [3.05, 3.63) is 62.6 Å². The van der Waals surface area contributed by atoms with Gasteiger partial charge in [-0.15, -0.1) is 0 Å². The SMILES string of the molecule is Cc1ccc(NC(=O)C2CCN(Cc3c(Cl)cccc3Cl)CC2)cc1Cl. The molecule has 2 aromatic carbocycles. The van der Waals surface area contributed by atoms with Crippen LogP contribution in [-0.4, -0.2) is 23.9 Å². The third kappa shape index (κ3) is 4.72. The third-order valence-electron chi connectivity index (χ3n) is 4.84. The summed E-state index contributed by atoms with van der Waals surface area (Å²) in [6, 6.07) is 11.2. The number of amides is 1. The largest absolute Gasteiger partial charge is 0.326 e. The van der Waals surface area contributed by atoms with E-state index in [0.717, 1.165) is 42.7 Å². The van der Waals surface area contributed by atoms with Crippen molar-refractivity contribution in [2.75, 3.05) is 18.4 Å². The van der Waals surface area contributed by atoms with E-state index in [2.05, 4.69) is 10.2 Å². The molecule has 2 aromatic rings. The van der Waals surface area contributed by atoms with E-state index in [1.807, 2.05) is 37.3 Å². The van der Waals surface area contributed by atoms with Crippen molar-refractivity contribution in [3.8, 4) is 0 Å². The molecule has 138 valence electrons. The second-order valence-electron chi connectivity index (χ2n) is 6.70. The first kappa shape index (κ1) is 19.5. The highest BCUT2D eigenvalue weighted by atomic mass is 35.5. The van der Waals surface area contributed by atoms with Crippen molar-refractivity contribution in [1.29, 1.82) is 0 Å². The fraction of sp³-hybridized carbons (Fsp3) is 0.350. The van der Waals surface area contributed by atoms with Crippen LogP contribution in [0, 0.1) is 12.8 Å². The number of nitrogens with one attached hydrogen (secondary N) is 1. The van der Waals surface area contributed by atoms with E-state index >= 15 is 0 Å². The Balaban J connectivity index is 1.54. The molecule has 1 saturated heterocycles. The summed E-state index contributed by atoms with van der Waals surface area (Å²) in [7, 11) is 0. The molecule has 1 aliphatic heterocycles. The van der Waals surface area contributed by atoms with E-state index in [9.17, 15) is 4.79 Å². The number of hydrogen-bond acceptors (Lipinski definition) is 2. The monoisotopic (exact) mass is 410 g/mol. The first-order chi connectivity index (χ1) is 12.4. The van der Waals surface area contributed by atoms with Crippen molar-refractivity contribution in [3.63, 3.8) is 0 Å². The van der Waals surface area contributed by atoms with Gasteiger partial charge < -0.3 is 5.32 Å². The maximum Gasteiger partial charge on any atom is 0.227 e. The molecule has 1 fully saturated rings. The quantitative estimate of drug-likeness (QED) is 0.689. The smallest absolute Gasteiger partial charge is 0.227 e. The number of aryl methyl sites for hydroxylation is 1.